The maximum Gasteiger partial charge on any atom is 0.303 e. The van der Waals surface area contributed by atoms with E-state index < -0.39 is 118 Å². The predicted molar refractivity (Wildman–Crippen MR) is 170 cm³/mol. The summed E-state index contributed by atoms with van der Waals surface area (Å²) in [6.07, 6.45) is -7.41. The monoisotopic (exact) mass is 732 g/mol. The molecule has 0 aromatic heterocycles. The van der Waals surface area contributed by atoms with Gasteiger partial charge in [0.2, 0.25) is 5.79 Å². The number of carboxylic acids is 1. The molecule has 0 bridgehead atoms. The lowest BCUT2D eigenvalue weighted by Gasteiger charge is -2.44. The van der Waals surface area contributed by atoms with Crippen LogP contribution in [0.25, 0.3) is 0 Å². The molecule has 3 saturated heterocycles. The third-order valence-corrected chi connectivity index (χ3v) is 9.16. The Morgan fingerprint density at radius 2 is 1.08 bits per heavy atom. The molecule has 3 rings (SSSR count). The summed E-state index contributed by atoms with van der Waals surface area (Å²) in [5.74, 6) is -3.01. The highest BCUT2D eigenvalue weighted by molar-refractivity contribution is 5.66. The van der Waals surface area contributed by atoms with Gasteiger partial charge in [-0.1, -0.05) is 71.1 Å². The Bertz CT molecular complexity index is 930. The molecule has 50 heavy (non-hydrogen) atoms. The quantitative estimate of drug-likeness (QED) is 0.0563. The van der Waals surface area contributed by atoms with Crippen LogP contribution in [0.3, 0.4) is 0 Å². The van der Waals surface area contributed by atoms with Crippen molar-refractivity contribution >= 4 is 5.97 Å². The van der Waals surface area contributed by atoms with Gasteiger partial charge in [-0.3, -0.25) is 4.79 Å². The lowest BCUT2D eigenvalue weighted by atomic mass is 9.98. The standard InChI is InChI=1S/C18H32O16.C14H28O2/c19-1-5-8(22)11(25)13(27)16(31-5)30-3-7-9(23)12(26)14(28)17(32-7)34-18(4-21)15(29)10(24)6(2-20)33-18;1-2-3-4-5-6-7-8-9-10-11-12-13-14(15)16/h5-17,19-29H,1-4H2;2-13H2,1H3,(H,15,16)/t5-,6-,7-,8+,9-,10-,11+,12+,13-,14-,15+,16+,17-,18+;/m1./s1. The van der Waals surface area contributed by atoms with Crippen molar-refractivity contribution in [3.63, 3.8) is 0 Å². The van der Waals surface area contributed by atoms with E-state index in [9.17, 15) is 61.0 Å². The van der Waals surface area contributed by atoms with Gasteiger partial charge >= 0.3 is 5.97 Å². The number of aliphatic carboxylic acids is 1. The Morgan fingerprint density at radius 3 is 1.56 bits per heavy atom. The van der Waals surface area contributed by atoms with Gasteiger partial charge in [-0.2, -0.15) is 0 Å². The molecule has 3 heterocycles. The van der Waals surface area contributed by atoms with Crippen molar-refractivity contribution in [3.8, 4) is 0 Å². The minimum atomic E-state index is -2.36. The van der Waals surface area contributed by atoms with Crippen LogP contribution in [-0.4, -0.2) is 179 Å². The lowest BCUT2D eigenvalue weighted by molar-refractivity contribution is -0.388. The number of hydrogen-bond acceptors (Lipinski definition) is 17. The summed E-state index contributed by atoms with van der Waals surface area (Å²) in [7, 11) is 0. The van der Waals surface area contributed by atoms with Crippen molar-refractivity contribution in [1.82, 2.24) is 0 Å². The third-order valence-electron chi connectivity index (χ3n) is 9.16. The fraction of sp³-hybridized carbons (Fsp3) is 0.969. The number of aliphatic hydroxyl groups excluding tert-OH is 11. The first-order chi connectivity index (χ1) is 23.8. The van der Waals surface area contributed by atoms with Gasteiger partial charge in [0.15, 0.2) is 12.6 Å². The van der Waals surface area contributed by atoms with Crippen molar-refractivity contribution in [3.05, 3.63) is 0 Å². The zero-order valence-corrected chi connectivity index (χ0v) is 28.6. The topological polar surface area (TPSA) is 306 Å². The average Bonchev–Trinajstić information content (AvgIpc) is 3.35. The first-order valence-electron chi connectivity index (χ1n) is 17.5. The molecule has 14 atom stereocenters. The van der Waals surface area contributed by atoms with Gasteiger partial charge in [-0.25, -0.2) is 0 Å². The van der Waals surface area contributed by atoms with E-state index >= 15 is 0 Å². The number of carboxylic acid groups (broad SMARTS) is 1. The van der Waals surface area contributed by atoms with Crippen molar-refractivity contribution in [1.29, 1.82) is 0 Å². The van der Waals surface area contributed by atoms with Crippen LogP contribution in [0.15, 0.2) is 0 Å². The summed E-state index contributed by atoms with van der Waals surface area (Å²) in [4.78, 5) is 10.3. The number of ether oxygens (including phenoxy) is 5. The molecule has 0 aliphatic carbocycles. The van der Waals surface area contributed by atoms with E-state index in [2.05, 4.69) is 6.92 Å². The molecule has 0 radical (unpaired) electrons. The number of hydrogen-bond donors (Lipinski definition) is 12. The molecular formula is C32H60O18. The summed E-state index contributed by atoms with van der Waals surface area (Å²) < 4.78 is 26.4. The zero-order valence-electron chi connectivity index (χ0n) is 28.6. The summed E-state index contributed by atoms with van der Waals surface area (Å²) in [5, 5.41) is 117. The first-order valence-corrected chi connectivity index (χ1v) is 17.5. The highest BCUT2D eigenvalue weighted by atomic mass is 16.8. The molecule has 3 fully saturated rings. The van der Waals surface area contributed by atoms with Crippen molar-refractivity contribution in [2.24, 2.45) is 0 Å². The van der Waals surface area contributed by atoms with Crippen molar-refractivity contribution < 1.29 is 89.8 Å². The Kier molecular flexibility index (Phi) is 20.5. The van der Waals surface area contributed by atoms with Crippen LogP contribution in [0.4, 0.5) is 0 Å². The Balaban J connectivity index is 0.000000457. The van der Waals surface area contributed by atoms with Gasteiger partial charge in [-0.15, -0.1) is 0 Å². The molecule has 296 valence electrons. The SMILES string of the molecule is CCCCCCCCCCCCCC(=O)O.OC[C@H]1O[C@H](OC[C@H]2O[C@H](O[C@]3(CO)O[C@H](CO)[C@@H](O)[C@@H]3O)[C@H](O)[C@@H](O)[C@@H]2O)[C@H](O)[C@@H](O)[C@H]1O. The van der Waals surface area contributed by atoms with Gasteiger partial charge in [-0.05, 0) is 6.42 Å². The van der Waals surface area contributed by atoms with Gasteiger partial charge < -0.3 is 85.0 Å². The first kappa shape index (κ1) is 45.0. The maximum absolute atomic E-state index is 10.3. The highest BCUT2D eigenvalue weighted by Gasteiger charge is 2.58. The van der Waals surface area contributed by atoms with Crippen LogP contribution in [-0.2, 0) is 28.5 Å². The van der Waals surface area contributed by atoms with Crippen LogP contribution in [0, 0.1) is 0 Å². The largest absolute Gasteiger partial charge is 0.481 e. The Morgan fingerprint density at radius 1 is 0.600 bits per heavy atom. The summed E-state index contributed by atoms with van der Waals surface area (Å²) >= 11 is 0. The molecule has 0 spiro atoms. The van der Waals surface area contributed by atoms with E-state index in [1.165, 1.54) is 57.8 Å². The van der Waals surface area contributed by atoms with Gasteiger partial charge in [0.25, 0.3) is 0 Å². The second-order valence-electron chi connectivity index (χ2n) is 13.1. The van der Waals surface area contributed by atoms with Crippen LogP contribution in [0.2, 0.25) is 0 Å². The fourth-order valence-electron chi connectivity index (χ4n) is 5.95. The van der Waals surface area contributed by atoms with Crippen molar-refractivity contribution in [2.75, 3.05) is 26.4 Å². The second kappa shape index (κ2) is 22.8. The van der Waals surface area contributed by atoms with E-state index in [-0.39, 0.29) is 0 Å². The number of rotatable bonds is 20. The molecular weight excluding hydrogens is 672 g/mol. The Labute approximate surface area is 291 Å². The van der Waals surface area contributed by atoms with E-state index in [0.29, 0.717) is 6.42 Å². The minimum absolute atomic E-state index is 0.344. The molecule has 0 amide bonds. The van der Waals surface area contributed by atoms with E-state index in [1.807, 2.05) is 0 Å². The lowest BCUT2D eigenvalue weighted by Crippen LogP contribution is -2.63. The molecule has 18 nitrogen and oxygen atoms in total. The summed E-state index contributed by atoms with van der Waals surface area (Å²) in [6, 6.07) is 0. The minimum Gasteiger partial charge on any atom is -0.481 e. The molecule has 0 unspecified atom stereocenters. The predicted octanol–water partition coefficient (Wildman–Crippen LogP) is -2.80. The molecule has 3 aliphatic heterocycles. The van der Waals surface area contributed by atoms with Gasteiger partial charge in [0, 0.05) is 6.42 Å². The van der Waals surface area contributed by atoms with Crippen molar-refractivity contribution in [2.45, 2.75) is 169 Å². The second-order valence-corrected chi connectivity index (χ2v) is 13.1. The Hall–Kier alpha value is -1.17. The molecule has 0 aromatic rings. The van der Waals surface area contributed by atoms with Gasteiger partial charge in [0.05, 0.1) is 19.8 Å². The highest BCUT2D eigenvalue weighted by Crippen LogP contribution is 2.36. The average molecular weight is 733 g/mol. The molecule has 0 saturated carbocycles. The van der Waals surface area contributed by atoms with E-state index in [0.717, 1.165) is 12.8 Å². The number of carbonyl (C=O) groups is 1. The van der Waals surface area contributed by atoms with Crippen LogP contribution in [0.5, 0.6) is 0 Å². The van der Waals surface area contributed by atoms with E-state index in [4.69, 9.17) is 28.8 Å². The number of unbranched alkanes of at least 4 members (excludes halogenated alkanes) is 10. The molecule has 3 aliphatic rings. The normalized spacial score (nSPS) is 38.8. The molecule has 12 N–H and O–H groups in total. The zero-order chi connectivity index (χ0) is 37.4. The third kappa shape index (κ3) is 12.8. The smallest absolute Gasteiger partial charge is 0.303 e. The van der Waals surface area contributed by atoms with Crippen LogP contribution >= 0.6 is 0 Å². The van der Waals surface area contributed by atoms with Crippen LogP contribution in [0.1, 0.15) is 84.0 Å². The maximum atomic E-state index is 10.3. The molecule has 18 heteroatoms. The summed E-state index contributed by atoms with van der Waals surface area (Å²) in [6.45, 7) is -0.893. The van der Waals surface area contributed by atoms with Gasteiger partial charge in [0.1, 0.15) is 73.8 Å². The summed E-state index contributed by atoms with van der Waals surface area (Å²) in [5.41, 5.74) is 0. The van der Waals surface area contributed by atoms with Crippen LogP contribution < -0.4 is 0 Å². The number of aliphatic hydroxyl groups is 11. The molecule has 0 aromatic carbocycles. The fourth-order valence-corrected chi connectivity index (χ4v) is 5.95. The van der Waals surface area contributed by atoms with E-state index in [1.54, 1.807) is 0 Å².